The lowest BCUT2D eigenvalue weighted by molar-refractivity contribution is -0.201. The van der Waals surface area contributed by atoms with Gasteiger partial charge in [0.2, 0.25) is 0 Å². The van der Waals surface area contributed by atoms with Gasteiger partial charge in [-0.25, -0.2) is 10.3 Å². The van der Waals surface area contributed by atoms with Gasteiger partial charge in [0, 0.05) is 18.1 Å². The van der Waals surface area contributed by atoms with E-state index in [4.69, 9.17) is 25.9 Å². The molecule has 1 amide bonds. The lowest BCUT2D eigenvalue weighted by Crippen LogP contribution is -2.35. The maximum absolute atomic E-state index is 11.6. The van der Waals surface area contributed by atoms with E-state index in [2.05, 4.69) is 21.4 Å². The molecule has 1 saturated heterocycles. The number of carbonyl (C=O) groups is 1. The highest BCUT2D eigenvalue weighted by Gasteiger charge is 2.16. The highest BCUT2D eigenvalue weighted by molar-refractivity contribution is 9.10. The number of amides is 1. The Morgan fingerprint density at radius 2 is 2.35 bits per heavy atom. The van der Waals surface area contributed by atoms with Crippen LogP contribution in [0.3, 0.4) is 0 Å². The second-order valence-electron chi connectivity index (χ2n) is 4.30. The molecule has 7 heteroatoms. The summed E-state index contributed by atoms with van der Waals surface area (Å²) in [6.45, 7) is 0.516. The second-order valence-corrected chi connectivity index (χ2v) is 5.59. The average Bonchev–Trinajstić information content (AvgIpc) is 2.45. The molecule has 2 rings (SSSR count). The van der Waals surface area contributed by atoms with Gasteiger partial charge in [-0.05, 0) is 47.0 Å². The van der Waals surface area contributed by atoms with E-state index < -0.39 is 0 Å². The Balaban J connectivity index is 1.71. The van der Waals surface area contributed by atoms with Crippen LogP contribution in [0.25, 0.3) is 0 Å². The van der Waals surface area contributed by atoms with Crippen LogP contribution in [0.5, 0.6) is 5.75 Å². The minimum absolute atomic E-state index is 0.146. The molecule has 5 nitrogen and oxygen atoms in total. The molecule has 1 heterocycles. The van der Waals surface area contributed by atoms with Gasteiger partial charge in [-0.15, -0.1) is 0 Å². The Hall–Kier alpha value is -0.820. The largest absolute Gasteiger partial charge is 0.483 e. The average molecular weight is 365 g/mol. The summed E-state index contributed by atoms with van der Waals surface area (Å²) in [5.74, 6) is 0.166. The summed E-state index contributed by atoms with van der Waals surface area (Å²) in [5, 5.41) is 0.589. The van der Waals surface area contributed by atoms with Gasteiger partial charge in [0.15, 0.2) is 12.9 Å². The number of halogens is 2. The second kappa shape index (κ2) is 7.83. The van der Waals surface area contributed by atoms with Crippen molar-refractivity contribution in [1.82, 2.24) is 5.48 Å². The van der Waals surface area contributed by atoms with Crippen molar-refractivity contribution >= 4 is 33.4 Å². The highest BCUT2D eigenvalue weighted by Crippen LogP contribution is 2.27. The third-order valence-corrected chi connectivity index (χ3v) is 3.55. The zero-order valence-corrected chi connectivity index (χ0v) is 13.1. The SMILES string of the molecule is O=C(COc1ccc(Cl)cc1Br)NO[C@@H]1CCCCO1. The zero-order chi connectivity index (χ0) is 14.4. The van der Waals surface area contributed by atoms with Crippen LogP contribution >= 0.6 is 27.5 Å². The number of benzene rings is 1. The molecule has 1 aromatic carbocycles. The van der Waals surface area contributed by atoms with Crippen LogP contribution in [-0.4, -0.2) is 25.4 Å². The van der Waals surface area contributed by atoms with Crippen LogP contribution in [-0.2, 0) is 14.4 Å². The Bertz CT molecular complexity index is 466. The number of carbonyl (C=O) groups excluding carboxylic acids is 1. The van der Waals surface area contributed by atoms with Crippen LogP contribution in [0.2, 0.25) is 5.02 Å². The van der Waals surface area contributed by atoms with Gasteiger partial charge in [-0.1, -0.05) is 11.6 Å². The predicted octanol–water partition coefficient (Wildman–Crippen LogP) is 3.06. The molecule has 0 unspecified atom stereocenters. The Morgan fingerprint density at radius 3 is 3.05 bits per heavy atom. The Kier molecular flexibility index (Phi) is 6.09. The summed E-state index contributed by atoms with van der Waals surface area (Å²) < 4.78 is 11.4. The lowest BCUT2D eigenvalue weighted by Gasteiger charge is -2.22. The van der Waals surface area contributed by atoms with E-state index in [0.717, 1.165) is 19.3 Å². The van der Waals surface area contributed by atoms with E-state index in [1.807, 2.05) is 0 Å². The molecule has 1 N–H and O–H groups in total. The summed E-state index contributed by atoms with van der Waals surface area (Å²) in [5.41, 5.74) is 2.32. The number of hydrogen-bond donors (Lipinski definition) is 1. The van der Waals surface area contributed by atoms with Crippen LogP contribution in [0, 0.1) is 0 Å². The van der Waals surface area contributed by atoms with Crippen LogP contribution in [0.4, 0.5) is 0 Å². The smallest absolute Gasteiger partial charge is 0.281 e. The van der Waals surface area contributed by atoms with Gasteiger partial charge < -0.3 is 9.47 Å². The number of ether oxygens (including phenoxy) is 2. The van der Waals surface area contributed by atoms with Crippen LogP contribution in [0.15, 0.2) is 22.7 Å². The molecule has 20 heavy (non-hydrogen) atoms. The molecule has 0 aliphatic carbocycles. The molecule has 0 aromatic heterocycles. The van der Waals surface area contributed by atoms with E-state index in [9.17, 15) is 4.79 Å². The van der Waals surface area contributed by atoms with Gasteiger partial charge >= 0.3 is 0 Å². The molecule has 0 bridgehead atoms. The van der Waals surface area contributed by atoms with Crippen LogP contribution < -0.4 is 10.2 Å². The summed E-state index contributed by atoms with van der Waals surface area (Å²) in [6, 6.07) is 5.07. The van der Waals surface area contributed by atoms with Crippen molar-refractivity contribution in [3.8, 4) is 5.75 Å². The molecular weight excluding hydrogens is 350 g/mol. The minimum Gasteiger partial charge on any atom is -0.483 e. The summed E-state index contributed by atoms with van der Waals surface area (Å²) in [7, 11) is 0. The summed E-state index contributed by atoms with van der Waals surface area (Å²) in [4.78, 5) is 16.7. The van der Waals surface area contributed by atoms with Gasteiger partial charge in [-0.3, -0.25) is 4.79 Å². The number of hydroxylamine groups is 1. The first kappa shape index (κ1) is 15.6. The first-order valence-electron chi connectivity index (χ1n) is 6.29. The third-order valence-electron chi connectivity index (χ3n) is 2.69. The summed E-state index contributed by atoms with van der Waals surface area (Å²) >= 11 is 9.12. The Morgan fingerprint density at radius 1 is 1.50 bits per heavy atom. The number of rotatable bonds is 5. The molecule has 110 valence electrons. The zero-order valence-electron chi connectivity index (χ0n) is 10.7. The van der Waals surface area contributed by atoms with E-state index in [1.54, 1.807) is 18.2 Å². The molecule has 1 aliphatic heterocycles. The summed E-state index contributed by atoms with van der Waals surface area (Å²) in [6.07, 6.45) is 2.48. The fourth-order valence-electron chi connectivity index (χ4n) is 1.70. The maximum Gasteiger partial charge on any atom is 0.281 e. The minimum atomic E-state index is -0.374. The van der Waals surface area contributed by atoms with E-state index >= 15 is 0 Å². The Labute approximate surface area is 130 Å². The molecule has 0 spiro atoms. The van der Waals surface area contributed by atoms with E-state index in [0.29, 0.717) is 21.9 Å². The normalized spacial score (nSPS) is 18.6. The first-order chi connectivity index (χ1) is 9.65. The van der Waals surface area contributed by atoms with Crippen molar-refractivity contribution < 1.29 is 19.1 Å². The fourth-order valence-corrected chi connectivity index (χ4v) is 2.50. The fraction of sp³-hybridized carbons (Fsp3) is 0.462. The van der Waals surface area contributed by atoms with Crippen molar-refractivity contribution in [2.45, 2.75) is 25.6 Å². The van der Waals surface area contributed by atoms with Crippen molar-refractivity contribution in [2.75, 3.05) is 13.2 Å². The van der Waals surface area contributed by atoms with Gasteiger partial charge in [0.25, 0.3) is 5.91 Å². The molecule has 1 fully saturated rings. The standard InChI is InChI=1S/C13H15BrClNO4/c14-10-7-9(15)4-5-11(10)19-8-12(17)16-20-13-3-1-2-6-18-13/h4-5,7,13H,1-3,6,8H2,(H,16,17)/t13-/m1/s1. The molecule has 1 atom stereocenters. The molecule has 0 radical (unpaired) electrons. The van der Waals surface area contributed by atoms with Gasteiger partial charge in [0.05, 0.1) is 4.47 Å². The van der Waals surface area contributed by atoms with Gasteiger partial charge in [0.1, 0.15) is 5.75 Å². The number of nitrogens with one attached hydrogen (secondary N) is 1. The molecule has 0 saturated carbocycles. The third kappa shape index (κ3) is 4.94. The quantitative estimate of drug-likeness (QED) is 0.816. The molecule has 1 aromatic rings. The van der Waals surface area contributed by atoms with Crippen molar-refractivity contribution in [2.24, 2.45) is 0 Å². The molecular formula is C13H15BrClNO4. The van der Waals surface area contributed by atoms with Crippen molar-refractivity contribution in [3.63, 3.8) is 0 Å². The lowest BCUT2D eigenvalue weighted by atomic mass is 10.2. The topological polar surface area (TPSA) is 56.8 Å². The number of hydrogen-bond acceptors (Lipinski definition) is 4. The van der Waals surface area contributed by atoms with Crippen molar-refractivity contribution in [1.29, 1.82) is 0 Å². The van der Waals surface area contributed by atoms with E-state index in [1.165, 1.54) is 0 Å². The maximum atomic E-state index is 11.6. The highest BCUT2D eigenvalue weighted by atomic mass is 79.9. The van der Waals surface area contributed by atoms with Crippen molar-refractivity contribution in [3.05, 3.63) is 27.7 Å². The van der Waals surface area contributed by atoms with Gasteiger partial charge in [-0.2, -0.15) is 0 Å². The monoisotopic (exact) mass is 363 g/mol. The first-order valence-corrected chi connectivity index (χ1v) is 7.46. The predicted molar refractivity (Wildman–Crippen MR) is 77.5 cm³/mol. The van der Waals surface area contributed by atoms with Crippen LogP contribution in [0.1, 0.15) is 19.3 Å². The van der Waals surface area contributed by atoms with E-state index in [-0.39, 0.29) is 18.8 Å². The molecule has 1 aliphatic rings.